The molecular weight excluding hydrogens is 954 g/mol. The highest BCUT2D eigenvalue weighted by Gasteiger charge is 2.38. The third-order valence-electron chi connectivity index (χ3n) is 13.6. The van der Waals surface area contributed by atoms with Gasteiger partial charge < -0.3 is 35.8 Å². The lowest BCUT2D eigenvalue weighted by molar-refractivity contribution is -0.138. The molecule has 13 nitrogen and oxygen atoms in total. The van der Waals surface area contributed by atoms with Gasteiger partial charge in [0, 0.05) is 72.2 Å². The summed E-state index contributed by atoms with van der Waals surface area (Å²) in [5, 5.41) is 21.1. The summed E-state index contributed by atoms with van der Waals surface area (Å²) in [5.74, 6) is -0.999. The molecule has 5 N–H and O–H groups in total. The number of β-amino-alcohol motifs (C(OH)–C–C–N with tert-alkyl or cyclic N) is 1. The molecular formula is C52H51F7N6O7. The van der Waals surface area contributed by atoms with Crippen molar-refractivity contribution in [3.63, 3.8) is 0 Å². The maximum absolute atomic E-state index is 13.6. The average molecular weight is 1010 g/mol. The molecule has 380 valence electrons. The quantitative estimate of drug-likeness (QED) is 0.0941. The van der Waals surface area contributed by atoms with Crippen LogP contribution in [0.15, 0.2) is 84.9 Å². The molecule has 0 spiro atoms. The van der Waals surface area contributed by atoms with E-state index in [1.54, 1.807) is 24.3 Å². The van der Waals surface area contributed by atoms with Crippen LogP contribution in [0.2, 0.25) is 0 Å². The van der Waals surface area contributed by atoms with Crippen molar-refractivity contribution in [3.8, 4) is 11.5 Å². The van der Waals surface area contributed by atoms with Crippen LogP contribution in [0, 0.1) is 0 Å². The van der Waals surface area contributed by atoms with Gasteiger partial charge in [-0.05, 0) is 122 Å². The fraction of sp³-hybridized carbons (Fsp3) is 0.385. The number of likely N-dealkylation sites (tertiary alicyclic amines) is 2. The van der Waals surface area contributed by atoms with Crippen molar-refractivity contribution >= 4 is 57.5 Å². The van der Waals surface area contributed by atoms with Gasteiger partial charge in [0.1, 0.15) is 17.7 Å². The van der Waals surface area contributed by atoms with E-state index in [-0.39, 0.29) is 49.1 Å². The molecule has 2 fully saturated rings. The molecule has 6 aliphatic heterocycles. The van der Waals surface area contributed by atoms with Crippen molar-refractivity contribution in [1.82, 2.24) is 9.80 Å². The number of nitrogens with one attached hydrogen (secondary N) is 4. The summed E-state index contributed by atoms with van der Waals surface area (Å²) in [5.41, 5.74) is 4.49. The topological polar surface area (TPSA) is 162 Å². The summed E-state index contributed by atoms with van der Waals surface area (Å²) in [7, 11) is 0. The Morgan fingerprint density at radius 3 is 1.51 bits per heavy atom. The maximum atomic E-state index is 13.6. The summed E-state index contributed by atoms with van der Waals surface area (Å²) in [4.78, 5) is 54.7. The second-order valence-electron chi connectivity index (χ2n) is 18.6. The highest BCUT2D eigenvalue weighted by Crippen LogP contribution is 2.40. The molecule has 4 atom stereocenters. The fourth-order valence-corrected chi connectivity index (χ4v) is 9.90. The van der Waals surface area contributed by atoms with Crippen molar-refractivity contribution in [2.75, 3.05) is 60.7 Å². The van der Waals surface area contributed by atoms with Crippen LogP contribution in [0.3, 0.4) is 0 Å². The second-order valence-corrected chi connectivity index (χ2v) is 18.6. The van der Waals surface area contributed by atoms with Crippen LogP contribution in [-0.4, -0.2) is 102 Å². The van der Waals surface area contributed by atoms with E-state index in [0.29, 0.717) is 116 Å². The number of aliphatic hydroxyl groups is 1. The van der Waals surface area contributed by atoms with Gasteiger partial charge in [0.25, 0.3) is 0 Å². The summed E-state index contributed by atoms with van der Waals surface area (Å²) in [6.45, 7) is 2.45. The van der Waals surface area contributed by atoms with E-state index >= 15 is 0 Å². The summed E-state index contributed by atoms with van der Waals surface area (Å²) < 4.78 is 103. The highest BCUT2D eigenvalue weighted by molar-refractivity contribution is 6.06. The number of benzene rings is 4. The molecule has 6 heterocycles. The SMILES string of the molecule is O=C(/C=C1\CCCOc2cc(C(F)(F)F)ccc21)Nc1ccc2c(c1)NC(=O)C(N1CC[C@@H](F)C1)C2.O=C(/C=C1\CCCOc2cc(C(F)(F)F)ccc21)Nc1ccc2c(c1)NC(=O)C(N1CC[C@@H](O)C1)C2. The Labute approximate surface area is 409 Å². The number of fused-ring (bicyclic) bond motifs is 4. The van der Waals surface area contributed by atoms with E-state index in [2.05, 4.69) is 21.3 Å². The van der Waals surface area contributed by atoms with E-state index in [4.69, 9.17) is 9.47 Å². The van der Waals surface area contributed by atoms with Crippen molar-refractivity contribution in [2.45, 2.75) is 88.1 Å². The van der Waals surface area contributed by atoms with Crippen molar-refractivity contribution in [3.05, 3.63) is 118 Å². The third-order valence-corrected chi connectivity index (χ3v) is 13.6. The molecule has 10 rings (SSSR count). The number of aliphatic hydroxyl groups excluding tert-OH is 1. The molecule has 0 aliphatic carbocycles. The number of hydrogen-bond donors (Lipinski definition) is 5. The minimum absolute atomic E-state index is 0.101. The minimum atomic E-state index is -4.49. The molecule has 6 aliphatic rings. The van der Waals surface area contributed by atoms with Gasteiger partial charge in [-0.2, -0.15) is 26.3 Å². The number of carbonyl (C=O) groups excluding carboxylic acids is 4. The smallest absolute Gasteiger partial charge is 0.416 e. The first-order valence-corrected chi connectivity index (χ1v) is 23.7. The Bertz CT molecular complexity index is 2640. The normalized spacial score (nSPS) is 23.3. The number of nitrogens with zero attached hydrogens (tertiary/aromatic N) is 2. The molecule has 0 radical (unpaired) electrons. The molecule has 2 unspecified atom stereocenters. The van der Waals surface area contributed by atoms with Gasteiger partial charge in [0.05, 0.1) is 42.5 Å². The zero-order valence-corrected chi connectivity index (χ0v) is 38.7. The summed E-state index contributed by atoms with van der Waals surface area (Å²) in [6.07, 6.45) is -3.40. The lowest BCUT2D eigenvalue weighted by Crippen LogP contribution is -2.47. The predicted molar refractivity (Wildman–Crippen MR) is 254 cm³/mol. The molecule has 20 heteroatoms. The molecule has 0 bridgehead atoms. The van der Waals surface area contributed by atoms with Crippen LogP contribution < -0.4 is 30.7 Å². The minimum Gasteiger partial charge on any atom is -0.493 e. The fourth-order valence-electron chi connectivity index (χ4n) is 9.90. The first-order valence-electron chi connectivity index (χ1n) is 23.7. The highest BCUT2D eigenvalue weighted by atomic mass is 19.4. The Hall–Kier alpha value is -6.77. The number of allylic oxidation sites excluding steroid dienone is 2. The van der Waals surface area contributed by atoms with Gasteiger partial charge in [-0.25, -0.2) is 4.39 Å². The first kappa shape index (κ1) is 50.2. The van der Waals surface area contributed by atoms with E-state index in [1.807, 2.05) is 21.9 Å². The maximum Gasteiger partial charge on any atom is 0.416 e. The average Bonchev–Trinajstić information content (AvgIpc) is 3.84. The zero-order chi connectivity index (χ0) is 50.9. The standard InChI is InChI=1S/C26H25F4N3O3.C26H26F3N3O4/c27-18-7-8-33(14-18)22-10-16-3-5-19(13-21(16)32-25(22)35)31-24(34)11-15-2-1-9-36-23-12-17(26(28,29)30)4-6-20(15)23;27-26(28,29)17-4-6-20-15(2-1-9-36-23(20)12-17)11-24(34)30-18-5-3-16-10-22(25(35)31-21(16)13-18)32-8-7-19(33)14-32/h3-6,11-13,18,22H,1-2,7-10,14H2,(H,31,34)(H,32,35);3-6,11-13,19,22,33H,1-2,7-10,14H2,(H,30,34)(H,31,35)/b2*15-11+/t18-,22?;19-,22?/m11/s1. The Morgan fingerprint density at radius 1 is 0.639 bits per heavy atom. The van der Waals surface area contributed by atoms with E-state index in [9.17, 15) is 55.0 Å². The van der Waals surface area contributed by atoms with Crippen LogP contribution in [0.25, 0.3) is 11.1 Å². The number of hydrogen-bond acceptors (Lipinski definition) is 9. The summed E-state index contributed by atoms with van der Waals surface area (Å²) >= 11 is 0. The van der Waals surface area contributed by atoms with E-state index in [0.717, 1.165) is 35.4 Å². The largest absolute Gasteiger partial charge is 0.493 e. The van der Waals surface area contributed by atoms with Gasteiger partial charge in [0.2, 0.25) is 23.6 Å². The van der Waals surface area contributed by atoms with Gasteiger partial charge in [-0.15, -0.1) is 0 Å². The van der Waals surface area contributed by atoms with Crippen molar-refractivity contribution in [1.29, 1.82) is 0 Å². The van der Waals surface area contributed by atoms with E-state index < -0.39 is 53.6 Å². The Morgan fingerprint density at radius 2 is 1.10 bits per heavy atom. The number of halogens is 7. The van der Waals surface area contributed by atoms with Gasteiger partial charge in [-0.1, -0.05) is 24.3 Å². The lowest BCUT2D eigenvalue weighted by Gasteiger charge is -2.31. The Balaban J connectivity index is 0.000000178. The number of carbonyl (C=O) groups is 4. The number of anilines is 4. The molecule has 4 aromatic carbocycles. The number of alkyl halides is 7. The van der Waals surface area contributed by atoms with Gasteiger partial charge >= 0.3 is 12.4 Å². The van der Waals surface area contributed by atoms with Crippen molar-refractivity contribution < 1.29 is 64.5 Å². The van der Waals surface area contributed by atoms with Crippen molar-refractivity contribution in [2.24, 2.45) is 0 Å². The van der Waals surface area contributed by atoms with Crippen LogP contribution in [0.1, 0.15) is 71.9 Å². The van der Waals surface area contributed by atoms with Gasteiger partial charge in [0.15, 0.2) is 0 Å². The molecule has 2 saturated heterocycles. The molecule has 4 amide bonds. The van der Waals surface area contributed by atoms with E-state index in [1.165, 1.54) is 24.3 Å². The summed E-state index contributed by atoms with van der Waals surface area (Å²) in [6, 6.07) is 16.3. The van der Waals surface area contributed by atoms with Gasteiger partial charge in [-0.3, -0.25) is 29.0 Å². The first-order chi connectivity index (χ1) is 34.3. The molecule has 0 saturated carbocycles. The van der Waals surface area contributed by atoms with Crippen LogP contribution in [0.5, 0.6) is 11.5 Å². The number of ether oxygens (including phenoxy) is 2. The number of amides is 4. The third kappa shape index (κ3) is 11.6. The Kier molecular flexibility index (Phi) is 14.5. The van der Waals surface area contributed by atoms with Crippen LogP contribution in [0.4, 0.5) is 53.5 Å². The van der Waals surface area contributed by atoms with Crippen LogP contribution >= 0.6 is 0 Å². The zero-order valence-electron chi connectivity index (χ0n) is 38.7. The lowest BCUT2D eigenvalue weighted by atomic mass is 9.97. The molecule has 4 aromatic rings. The number of rotatable bonds is 6. The predicted octanol–water partition coefficient (Wildman–Crippen LogP) is 8.64. The monoisotopic (exact) mass is 1000 g/mol. The van der Waals surface area contributed by atoms with Crippen LogP contribution in [-0.2, 0) is 44.4 Å². The second kappa shape index (κ2) is 20.8. The molecule has 0 aromatic heterocycles. The molecule has 72 heavy (non-hydrogen) atoms.